The van der Waals surface area contributed by atoms with E-state index >= 15 is 0 Å². The number of carboxylic acids is 1. The molecule has 2 heterocycles. The Hall–Kier alpha value is -4.44. The Kier molecular flexibility index (Phi) is 7.44. The molecule has 212 valence electrons. The van der Waals surface area contributed by atoms with Gasteiger partial charge in [-0.25, -0.2) is 13.2 Å². The summed E-state index contributed by atoms with van der Waals surface area (Å²) in [5, 5.41) is 13.4. The quantitative estimate of drug-likeness (QED) is 0.340. The van der Waals surface area contributed by atoms with Crippen LogP contribution >= 0.6 is 0 Å². The molecule has 3 aromatic carbocycles. The lowest BCUT2D eigenvalue weighted by molar-refractivity contribution is -0.139. The minimum atomic E-state index is -3.46. The number of hydrogen-bond acceptors (Lipinski definition) is 6. The van der Waals surface area contributed by atoms with Crippen molar-refractivity contribution in [2.75, 3.05) is 12.8 Å². The minimum absolute atomic E-state index is 0.0751. The highest BCUT2D eigenvalue weighted by molar-refractivity contribution is 7.90. The molecule has 2 N–H and O–H groups in total. The zero-order chi connectivity index (χ0) is 29.5. The lowest BCUT2D eigenvalue weighted by atomic mass is 9.88. The van der Waals surface area contributed by atoms with E-state index in [-0.39, 0.29) is 17.2 Å². The van der Waals surface area contributed by atoms with Crippen LogP contribution in [-0.2, 0) is 34.0 Å². The number of aryl methyl sites for hydroxylation is 1. The topological polar surface area (TPSA) is 134 Å². The Labute approximate surface area is 237 Å². The smallest absolute Gasteiger partial charge is 0.326 e. The number of carbonyl (C=O) groups is 3. The number of amides is 2. The molecule has 1 atom stereocenters. The summed E-state index contributed by atoms with van der Waals surface area (Å²) in [4.78, 5) is 40.6. The van der Waals surface area contributed by atoms with Crippen LogP contribution in [0, 0.1) is 13.8 Å². The Bertz CT molecular complexity index is 1810. The molecule has 2 amide bonds. The van der Waals surface area contributed by atoms with Crippen LogP contribution in [0.15, 0.2) is 70.2 Å². The molecule has 10 heteroatoms. The van der Waals surface area contributed by atoms with Gasteiger partial charge in [0.25, 0.3) is 11.8 Å². The van der Waals surface area contributed by atoms with Gasteiger partial charge in [-0.1, -0.05) is 24.3 Å². The summed E-state index contributed by atoms with van der Waals surface area (Å²) >= 11 is 0. The first-order valence-electron chi connectivity index (χ1n) is 13.1. The van der Waals surface area contributed by atoms with Crippen molar-refractivity contribution in [3.63, 3.8) is 0 Å². The van der Waals surface area contributed by atoms with Crippen LogP contribution in [0.4, 0.5) is 0 Å². The van der Waals surface area contributed by atoms with E-state index < -0.39 is 27.8 Å². The van der Waals surface area contributed by atoms with Gasteiger partial charge in [0.05, 0.1) is 11.2 Å². The Balaban J connectivity index is 1.35. The first-order chi connectivity index (χ1) is 19.4. The Morgan fingerprint density at radius 1 is 1.07 bits per heavy atom. The monoisotopic (exact) mass is 574 g/mol. The van der Waals surface area contributed by atoms with Gasteiger partial charge in [0.1, 0.15) is 11.6 Å². The molecular formula is C31H30N2O7S. The molecule has 1 aromatic heterocycles. The van der Waals surface area contributed by atoms with Crippen molar-refractivity contribution in [1.82, 2.24) is 10.2 Å². The number of carboxylic acid groups (broad SMARTS) is 1. The second-order valence-electron chi connectivity index (χ2n) is 10.5. The summed E-state index contributed by atoms with van der Waals surface area (Å²) in [6.45, 7) is 4.50. The van der Waals surface area contributed by atoms with E-state index in [0.29, 0.717) is 47.3 Å². The van der Waals surface area contributed by atoms with Crippen molar-refractivity contribution in [2.45, 2.75) is 44.2 Å². The minimum Gasteiger partial charge on any atom is -0.480 e. The molecule has 0 radical (unpaired) electrons. The maximum atomic E-state index is 13.4. The van der Waals surface area contributed by atoms with E-state index in [1.165, 1.54) is 12.1 Å². The van der Waals surface area contributed by atoms with Gasteiger partial charge < -0.3 is 19.7 Å². The van der Waals surface area contributed by atoms with Crippen molar-refractivity contribution in [1.29, 1.82) is 0 Å². The van der Waals surface area contributed by atoms with Crippen molar-refractivity contribution >= 4 is 38.6 Å². The highest BCUT2D eigenvalue weighted by Crippen LogP contribution is 2.29. The Morgan fingerprint density at radius 2 is 1.85 bits per heavy atom. The summed E-state index contributed by atoms with van der Waals surface area (Å²) in [6, 6.07) is 13.9. The number of sulfone groups is 1. The van der Waals surface area contributed by atoms with Crippen molar-refractivity contribution in [3.05, 3.63) is 99.8 Å². The fourth-order valence-corrected chi connectivity index (χ4v) is 6.18. The molecule has 1 aliphatic rings. The van der Waals surface area contributed by atoms with Gasteiger partial charge >= 0.3 is 5.97 Å². The predicted molar refractivity (Wildman–Crippen MR) is 153 cm³/mol. The van der Waals surface area contributed by atoms with Crippen LogP contribution in [0.3, 0.4) is 0 Å². The number of nitrogens with one attached hydrogen (secondary N) is 1. The lowest BCUT2D eigenvalue weighted by Gasteiger charge is -2.31. The highest BCUT2D eigenvalue weighted by Gasteiger charge is 2.28. The van der Waals surface area contributed by atoms with Gasteiger partial charge in [-0.15, -0.1) is 0 Å². The second kappa shape index (κ2) is 10.9. The number of benzene rings is 3. The number of aliphatic carboxylic acids is 1. The molecule has 0 bridgehead atoms. The third-order valence-corrected chi connectivity index (χ3v) is 8.69. The zero-order valence-corrected chi connectivity index (χ0v) is 23.7. The van der Waals surface area contributed by atoms with Gasteiger partial charge in [0, 0.05) is 42.3 Å². The van der Waals surface area contributed by atoms with Crippen molar-refractivity contribution < 1.29 is 32.3 Å². The van der Waals surface area contributed by atoms with E-state index in [1.54, 1.807) is 42.4 Å². The van der Waals surface area contributed by atoms with Gasteiger partial charge in [0.15, 0.2) is 9.84 Å². The fourth-order valence-electron chi connectivity index (χ4n) is 5.49. The molecule has 1 aliphatic heterocycles. The van der Waals surface area contributed by atoms with Crippen LogP contribution in [0.1, 0.15) is 48.5 Å². The number of rotatable bonds is 7. The fraction of sp³-hybridized carbons (Fsp3) is 0.258. The van der Waals surface area contributed by atoms with Crippen LogP contribution in [0.5, 0.6) is 0 Å². The molecule has 0 saturated carbocycles. The molecule has 0 spiro atoms. The summed E-state index contributed by atoms with van der Waals surface area (Å²) in [5.41, 5.74) is 5.43. The van der Waals surface area contributed by atoms with Gasteiger partial charge in [-0.05, 0) is 78.4 Å². The summed E-state index contributed by atoms with van der Waals surface area (Å²) in [7, 11) is -3.46. The van der Waals surface area contributed by atoms with E-state index in [4.69, 9.17) is 4.42 Å². The third kappa shape index (κ3) is 5.74. The highest BCUT2D eigenvalue weighted by atomic mass is 32.2. The Morgan fingerprint density at radius 3 is 2.59 bits per heavy atom. The van der Waals surface area contributed by atoms with Gasteiger partial charge in [-0.3, -0.25) is 9.59 Å². The van der Waals surface area contributed by atoms with E-state index in [2.05, 4.69) is 5.32 Å². The molecule has 41 heavy (non-hydrogen) atoms. The summed E-state index contributed by atoms with van der Waals surface area (Å²) in [6.07, 6.45) is 3.15. The number of carbonyl (C=O) groups excluding carboxylic acids is 2. The standard InChI is InChI=1S/C31H30N2O7S/c1-18-13-23-17-33(30(35)22-8-7-21-10-12-40-27(21)16-22)11-9-25(23)19(2)28(18)29(34)32-26(31(36)37)15-20-5-4-6-24(14-20)41(3,38)39/h4-8,10,12-14,16,26H,9,11,15,17H2,1-3H3,(H,32,34)(H,36,37)/t26-/m0/s1. The van der Waals surface area contributed by atoms with Crippen molar-refractivity contribution in [3.8, 4) is 0 Å². The van der Waals surface area contributed by atoms with E-state index in [1.807, 2.05) is 25.1 Å². The van der Waals surface area contributed by atoms with Gasteiger partial charge in [0.2, 0.25) is 0 Å². The van der Waals surface area contributed by atoms with Gasteiger partial charge in [-0.2, -0.15) is 0 Å². The molecule has 0 saturated heterocycles. The SMILES string of the molecule is Cc1cc2c(c(C)c1C(=O)N[C@@H](Cc1cccc(S(C)(=O)=O)c1)C(=O)O)CCN(C(=O)c1ccc3ccoc3c1)C2. The lowest BCUT2D eigenvalue weighted by Crippen LogP contribution is -2.43. The van der Waals surface area contributed by atoms with E-state index in [9.17, 15) is 27.9 Å². The first kappa shape index (κ1) is 28.1. The average molecular weight is 575 g/mol. The largest absolute Gasteiger partial charge is 0.480 e. The predicted octanol–water partition coefficient (Wildman–Crippen LogP) is 4.08. The molecule has 0 unspecified atom stereocenters. The number of nitrogens with zero attached hydrogens (tertiary/aromatic N) is 1. The summed E-state index contributed by atoms with van der Waals surface area (Å²) < 4.78 is 29.3. The molecule has 9 nitrogen and oxygen atoms in total. The summed E-state index contributed by atoms with van der Waals surface area (Å²) in [5.74, 6) is -1.84. The van der Waals surface area contributed by atoms with Crippen LogP contribution < -0.4 is 5.32 Å². The number of fused-ring (bicyclic) bond motifs is 2. The normalized spacial score (nSPS) is 14.0. The zero-order valence-electron chi connectivity index (χ0n) is 22.9. The maximum absolute atomic E-state index is 13.4. The van der Waals surface area contributed by atoms with Crippen LogP contribution in [-0.4, -0.2) is 55.1 Å². The first-order valence-corrected chi connectivity index (χ1v) is 15.0. The molecule has 4 aromatic rings. The molecular weight excluding hydrogens is 544 g/mol. The number of hydrogen-bond donors (Lipinski definition) is 2. The molecule has 0 aliphatic carbocycles. The van der Waals surface area contributed by atoms with E-state index in [0.717, 1.165) is 28.3 Å². The third-order valence-electron chi connectivity index (χ3n) is 7.58. The average Bonchev–Trinajstić information content (AvgIpc) is 3.39. The molecule has 5 rings (SSSR count). The molecule has 0 fully saturated rings. The van der Waals surface area contributed by atoms with Crippen molar-refractivity contribution in [2.24, 2.45) is 0 Å². The maximum Gasteiger partial charge on any atom is 0.326 e. The van der Waals surface area contributed by atoms with Crippen LogP contribution in [0.2, 0.25) is 0 Å². The number of furan rings is 1. The second-order valence-corrected chi connectivity index (χ2v) is 12.5. The van der Waals surface area contributed by atoms with Crippen LogP contribution in [0.25, 0.3) is 11.0 Å².